The van der Waals surface area contributed by atoms with Crippen molar-refractivity contribution >= 4 is 35.5 Å². The first-order chi connectivity index (χ1) is 13.2. The summed E-state index contributed by atoms with van der Waals surface area (Å²) in [6, 6.07) is 5.60. The average molecular weight is 410 g/mol. The van der Waals surface area contributed by atoms with Gasteiger partial charge in [-0.15, -0.1) is 0 Å². The standard InChI is InChI=1S/C18H26N4O5S/c1-28-8-7-13(18(26)27)21-17(25)14(9-11-5-3-2-4-6-11)22-16(24)12(19)10-15(20)23/h2-6,12-14H,7-10,19H2,1H3,(H2,20,23)(H,21,25)(H,22,24)(H,26,27). The number of benzene rings is 1. The number of carbonyl (C=O) groups excluding carboxylic acids is 3. The lowest BCUT2D eigenvalue weighted by atomic mass is 10.0. The minimum atomic E-state index is -1.20. The van der Waals surface area contributed by atoms with E-state index < -0.39 is 41.8 Å². The van der Waals surface area contributed by atoms with E-state index in [1.54, 1.807) is 24.3 Å². The van der Waals surface area contributed by atoms with Crippen LogP contribution in [0.5, 0.6) is 0 Å². The fourth-order valence-electron chi connectivity index (χ4n) is 2.41. The van der Waals surface area contributed by atoms with Crippen molar-refractivity contribution in [2.24, 2.45) is 11.5 Å². The van der Waals surface area contributed by atoms with Gasteiger partial charge in [0.25, 0.3) is 0 Å². The number of carboxylic acids is 1. The fraction of sp³-hybridized carbons (Fsp3) is 0.444. The van der Waals surface area contributed by atoms with E-state index in [9.17, 15) is 24.3 Å². The van der Waals surface area contributed by atoms with Gasteiger partial charge in [-0.3, -0.25) is 14.4 Å². The van der Waals surface area contributed by atoms with Crippen LogP contribution in [0.3, 0.4) is 0 Å². The summed E-state index contributed by atoms with van der Waals surface area (Å²) in [6.45, 7) is 0. The molecule has 7 N–H and O–H groups in total. The number of amides is 3. The Bertz CT molecular complexity index is 686. The first kappa shape index (κ1) is 23.4. The van der Waals surface area contributed by atoms with Crippen LogP contribution >= 0.6 is 11.8 Å². The van der Waals surface area contributed by atoms with E-state index in [1.165, 1.54) is 11.8 Å². The Morgan fingerprint density at radius 2 is 1.68 bits per heavy atom. The Hall–Kier alpha value is -2.59. The van der Waals surface area contributed by atoms with Crippen LogP contribution in [0.25, 0.3) is 0 Å². The maximum Gasteiger partial charge on any atom is 0.326 e. The van der Waals surface area contributed by atoms with Crippen LogP contribution < -0.4 is 22.1 Å². The molecule has 0 spiro atoms. The fourth-order valence-corrected chi connectivity index (χ4v) is 2.88. The summed E-state index contributed by atoms with van der Waals surface area (Å²) in [4.78, 5) is 47.3. The zero-order chi connectivity index (χ0) is 21.1. The molecular formula is C18H26N4O5S. The third kappa shape index (κ3) is 8.40. The summed E-state index contributed by atoms with van der Waals surface area (Å²) < 4.78 is 0. The molecule has 0 saturated heterocycles. The molecule has 0 aliphatic rings. The predicted molar refractivity (Wildman–Crippen MR) is 106 cm³/mol. The summed E-state index contributed by atoms with van der Waals surface area (Å²) in [5.41, 5.74) is 11.4. The van der Waals surface area contributed by atoms with Crippen molar-refractivity contribution in [1.29, 1.82) is 0 Å². The zero-order valence-corrected chi connectivity index (χ0v) is 16.4. The molecule has 0 aliphatic carbocycles. The normalized spacial score (nSPS) is 13.8. The van der Waals surface area contributed by atoms with Crippen molar-refractivity contribution in [3.8, 4) is 0 Å². The van der Waals surface area contributed by atoms with Crippen LogP contribution in [0.4, 0.5) is 0 Å². The van der Waals surface area contributed by atoms with Crippen LogP contribution in [0.2, 0.25) is 0 Å². The van der Waals surface area contributed by atoms with Gasteiger partial charge >= 0.3 is 5.97 Å². The van der Waals surface area contributed by atoms with Crippen molar-refractivity contribution in [2.45, 2.75) is 37.4 Å². The van der Waals surface area contributed by atoms with Crippen LogP contribution in [-0.2, 0) is 25.6 Å². The molecule has 1 aromatic carbocycles. The Kier molecular flexibility index (Phi) is 10.0. The van der Waals surface area contributed by atoms with E-state index in [-0.39, 0.29) is 19.3 Å². The molecule has 0 aromatic heterocycles. The number of primary amides is 1. The van der Waals surface area contributed by atoms with E-state index in [4.69, 9.17) is 11.5 Å². The third-order valence-electron chi connectivity index (χ3n) is 3.90. The van der Waals surface area contributed by atoms with Crippen LogP contribution in [0.1, 0.15) is 18.4 Å². The molecule has 9 nitrogen and oxygen atoms in total. The van der Waals surface area contributed by atoms with Gasteiger partial charge in [0.15, 0.2) is 0 Å². The second kappa shape index (κ2) is 12.0. The highest BCUT2D eigenvalue weighted by molar-refractivity contribution is 7.98. The van der Waals surface area contributed by atoms with Crippen LogP contribution in [0.15, 0.2) is 30.3 Å². The molecule has 0 heterocycles. The quantitative estimate of drug-likeness (QED) is 0.302. The van der Waals surface area contributed by atoms with E-state index in [2.05, 4.69) is 10.6 Å². The SMILES string of the molecule is CSCCC(NC(=O)C(Cc1ccccc1)NC(=O)C(N)CC(N)=O)C(=O)O. The molecule has 3 atom stereocenters. The Balaban J connectivity index is 2.91. The summed E-state index contributed by atoms with van der Waals surface area (Å²) in [5.74, 6) is -2.70. The topological polar surface area (TPSA) is 165 Å². The first-order valence-corrected chi connectivity index (χ1v) is 10.0. The largest absolute Gasteiger partial charge is 0.480 e. The molecule has 0 fully saturated rings. The van der Waals surface area contributed by atoms with Gasteiger partial charge in [0.05, 0.1) is 12.5 Å². The molecule has 3 amide bonds. The Morgan fingerprint density at radius 3 is 2.21 bits per heavy atom. The van der Waals surface area contributed by atoms with Gasteiger partial charge in [-0.25, -0.2) is 4.79 Å². The van der Waals surface area contributed by atoms with Gasteiger partial charge < -0.3 is 27.2 Å². The number of carboxylic acid groups (broad SMARTS) is 1. The van der Waals surface area contributed by atoms with Gasteiger partial charge in [0, 0.05) is 6.42 Å². The second-order valence-electron chi connectivity index (χ2n) is 6.21. The average Bonchev–Trinajstić information content (AvgIpc) is 2.64. The molecule has 154 valence electrons. The Morgan fingerprint density at radius 1 is 1.07 bits per heavy atom. The molecule has 10 heteroatoms. The lowest BCUT2D eigenvalue weighted by molar-refractivity contribution is -0.142. The summed E-state index contributed by atoms with van der Waals surface area (Å²) in [7, 11) is 0. The smallest absolute Gasteiger partial charge is 0.326 e. The number of thioether (sulfide) groups is 1. The van der Waals surface area contributed by atoms with Crippen molar-refractivity contribution < 1.29 is 24.3 Å². The van der Waals surface area contributed by atoms with Crippen LogP contribution in [0, 0.1) is 0 Å². The number of hydrogen-bond donors (Lipinski definition) is 5. The molecule has 0 aliphatic heterocycles. The highest BCUT2D eigenvalue weighted by Gasteiger charge is 2.28. The third-order valence-corrected chi connectivity index (χ3v) is 4.54. The minimum Gasteiger partial charge on any atom is -0.480 e. The van der Waals surface area contributed by atoms with Gasteiger partial charge in [-0.1, -0.05) is 30.3 Å². The van der Waals surface area contributed by atoms with Gasteiger partial charge in [-0.05, 0) is 24.0 Å². The summed E-state index contributed by atoms with van der Waals surface area (Å²) in [6.07, 6.45) is 1.85. The highest BCUT2D eigenvalue weighted by atomic mass is 32.2. The van der Waals surface area contributed by atoms with Crippen molar-refractivity contribution in [3.05, 3.63) is 35.9 Å². The first-order valence-electron chi connectivity index (χ1n) is 8.64. The lowest BCUT2D eigenvalue weighted by Crippen LogP contribution is -2.55. The highest BCUT2D eigenvalue weighted by Crippen LogP contribution is 2.06. The summed E-state index contributed by atoms with van der Waals surface area (Å²) in [5, 5.41) is 14.3. The van der Waals surface area contributed by atoms with Gasteiger partial charge in [-0.2, -0.15) is 11.8 Å². The number of rotatable bonds is 12. The van der Waals surface area contributed by atoms with Gasteiger partial charge in [0.2, 0.25) is 17.7 Å². The minimum absolute atomic E-state index is 0.135. The molecule has 0 bridgehead atoms. The Labute approximate surface area is 167 Å². The summed E-state index contributed by atoms with van der Waals surface area (Å²) >= 11 is 1.46. The van der Waals surface area contributed by atoms with E-state index in [0.29, 0.717) is 5.75 Å². The maximum absolute atomic E-state index is 12.7. The molecule has 28 heavy (non-hydrogen) atoms. The second-order valence-corrected chi connectivity index (χ2v) is 7.19. The molecule has 3 unspecified atom stereocenters. The maximum atomic E-state index is 12.7. The van der Waals surface area contributed by atoms with Crippen LogP contribution in [-0.4, -0.2) is 58.9 Å². The molecular weight excluding hydrogens is 384 g/mol. The van der Waals surface area contributed by atoms with E-state index >= 15 is 0 Å². The zero-order valence-electron chi connectivity index (χ0n) is 15.6. The number of nitrogens with one attached hydrogen (secondary N) is 2. The predicted octanol–water partition coefficient (Wildman–Crippen LogP) is -0.761. The number of nitrogens with two attached hydrogens (primary N) is 2. The monoisotopic (exact) mass is 410 g/mol. The molecule has 0 saturated carbocycles. The lowest BCUT2D eigenvalue weighted by Gasteiger charge is -2.23. The number of carbonyl (C=O) groups is 4. The van der Waals surface area contributed by atoms with E-state index in [1.807, 2.05) is 12.3 Å². The van der Waals surface area contributed by atoms with Crippen molar-refractivity contribution in [3.63, 3.8) is 0 Å². The number of hydrogen-bond acceptors (Lipinski definition) is 6. The van der Waals surface area contributed by atoms with Gasteiger partial charge in [0.1, 0.15) is 12.1 Å². The molecule has 0 radical (unpaired) electrons. The molecule has 1 aromatic rings. The van der Waals surface area contributed by atoms with E-state index in [0.717, 1.165) is 5.56 Å². The van der Waals surface area contributed by atoms with Crippen molar-refractivity contribution in [1.82, 2.24) is 10.6 Å². The van der Waals surface area contributed by atoms with Crippen molar-refractivity contribution in [2.75, 3.05) is 12.0 Å². The molecule has 1 rings (SSSR count). The number of aliphatic carboxylic acids is 1.